The summed E-state index contributed by atoms with van der Waals surface area (Å²) in [6.07, 6.45) is 6.78. The lowest BCUT2D eigenvalue weighted by Gasteiger charge is -2.13. The lowest BCUT2D eigenvalue weighted by Crippen LogP contribution is -2.20. The van der Waals surface area contributed by atoms with Crippen LogP contribution in [0.1, 0.15) is 0 Å². The standard InChI is InChI=1S/C22H23N7O2/c1-6-14(2)24-15-8-7-9-16(10-15)29-12-17(19-20(22(29)30)27(3)13-23-19)25-18-11-28(4)26-21(18)31-5/h6-13,24-25H,1-2H2,3-5H3. The minimum atomic E-state index is -0.182. The largest absolute Gasteiger partial charge is 0.478 e. The molecule has 4 rings (SSSR count). The van der Waals surface area contributed by atoms with Crippen molar-refractivity contribution >= 4 is 28.1 Å². The highest BCUT2D eigenvalue weighted by atomic mass is 16.5. The molecular formula is C22H23N7O2. The number of pyridine rings is 1. The van der Waals surface area contributed by atoms with Gasteiger partial charge in [-0.15, -0.1) is 5.10 Å². The van der Waals surface area contributed by atoms with Crippen LogP contribution in [-0.2, 0) is 14.1 Å². The fourth-order valence-corrected chi connectivity index (χ4v) is 3.35. The molecule has 0 amide bonds. The van der Waals surface area contributed by atoms with Gasteiger partial charge in [0.2, 0.25) is 0 Å². The van der Waals surface area contributed by atoms with Crippen LogP contribution in [0.25, 0.3) is 16.7 Å². The molecule has 0 fully saturated rings. The number of methoxy groups -OCH3 is 1. The molecule has 0 aliphatic heterocycles. The summed E-state index contributed by atoms with van der Waals surface area (Å²) in [4.78, 5) is 17.7. The van der Waals surface area contributed by atoms with Crippen LogP contribution in [0.4, 0.5) is 17.1 Å². The topological polar surface area (TPSA) is 90.9 Å². The fraction of sp³-hybridized carbons (Fsp3) is 0.136. The molecule has 0 aliphatic rings. The molecule has 0 spiro atoms. The molecule has 0 saturated heterocycles. The smallest absolute Gasteiger partial charge is 0.281 e. The second-order valence-corrected chi connectivity index (χ2v) is 7.03. The third kappa shape index (κ3) is 3.68. The highest BCUT2D eigenvalue weighted by molar-refractivity contribution is 5.90. The quantitative estimate of drug-likeness (QED) is 0.448. The summed E-state index contributed by atoms with van der Waals surface area (Å²) < 4.78 is 10.3. The van der Waals surface area contributed by atoms with Gasteiger partial charge in [0.15, 0.2) is 0 Å². The Morgan fingerprint density at radius 1 is 1.23 bits per heavy atom. The van der Waals surface area contributed by atoms with Gasteiger partial charge in [0.25, 0.3) is 11.4 Å². The zero-order valence-corrected chi connectivity index (χ0v) is 17.6. The molecule has 31 heavy (non-hydrogen) atoms. The Morgan fingerprint density at radius 2 is 2.03 bits per heavy atom. The van der Waals surface area contributed by atoms with Crippen LogP contribution in [0, 0.1) is 0 Å². The number of imidazole rings is 1. The second-order valence-electron chi connectivity index (χ2n) is 7.03. The van der Waals surface area contributed by atoms with Crippen molar-refractivity contribution in [2.24, 2.45) is 14.1 Å². The molecule has 0 radical (unpaired) electrons. The maximum atomic E-state index is 13.3. The normalized spacial score (nSPS) is 10.8. The van der Waals surface area contributed by atoms with Gasteiger partial charge in [-0.25, -0.2) is 4.98 Å². The Balaban J connectivity index is 1.87. The highest BCUT2D eigenvalue weighted by Crippen LogP contribution is 2.29. The molecule has 0 saturated carbocycles. The first-order valence-electron chi connectivity index (χ1n) is 9.51. The van der Waals surface area contributed by atoms with E-state index in [4.69, 9.17) is 4.74 Å². The number of hydrogen-bond donors (Lipinski definition) is 2. The zero-order valence-electron chi connectivity index (χ0n) is 17.6. The minimum absolute atomic E-state index is 0.182. The summed E-state index contributed by atoms with van der Waals surface area (Å²) in [5.41, 5.74) is 4.32. The van der Waals surface area contributed by atoms with Gasteiger partial charge in [0.1, 0.15) is 16.7 Å². The molecule has 3 heterocycles. The highest BCUT2D eigenvalue weighted by Gasteiger charge is 2.17. The molecule has 0 bridgehead atoms. The van der Waals surface area contributed by atoms with Gasteiger partial charge in [-0.05, 0) is 24.3 Å². The molecule has 4 aromatic rings. The maximum Gasteiger partial charge on any atom is 0.281 e. The molecule has 9 nitrogen and oxygen atoms in total. The van der Waals surface area contributed by atoms with Crippen molar-refractivity contribution in [2.45, 2.75) is 0 Å². The van der Waals surface area contributed by atoms with Crippen LogP contribution in [0.5, 0.6) is 5.88 Å². The lowest BCUT2D eigenvalue weighted by molar-refractivity contribution is 0.393. The number of fused-ring (bicyclic) bond motifs is 1. The number of rotatable bonds is 7. The monoisotopic (exact) mass is 417 g/mol. The summed E-state index contributed by atoms with van der Waals surface area (Å²) in [6, 6.07) is 7.49. The third-order valence-corrected chi connectivity index (χ3v) is 4.80. The number of nitrogens with one attached hydrogen (secondary N) is 2. The van der Waals surface area contributed by atoms with E-state index >= 15 is 0 Å². The van der Waals surface area contributed by atoms with Crippen LogP contribution in [0.15, 0.2) is 72.7 Å². The Labute approximate surface area is 178 Å². The van der Waals surface area contributed by atoms with Crippen molar-refractivity contribution in [2.75, 3.05) is 17.7 Å². The van der Waals surface area contributed by atoms with Gasteiger partial charge in [-0.3, -0.25) is 14.0 Å². The fourth-order valence-electron chi connectivity index (χ4n) is 3.35. The van der Waals surface area contributed by atoms with Crippen molar-refractivity contribution in [1.29, 1.82) is 0 Å². The molecule has 3 aromatic heterocycles. The predicted molar refractivity (Wildman–Crippen MR) is 122 cm³/mol. The van der Waals surface area contributed by atoms with E-state index in [0.717, 1.165) is 5.69 Å². The van der Waals surface area contributed by atoms with E-state index in [1.54, 1.807) is 59.8 Å². The van der Waals surface area contributed by atoms with Crippen LogP contribution in [-0.4, -0.2) is 31.0 Å². The van der Waals surface area contributed by atoms with Crippen LogP contribution >= 0.6 is 0 Å². The SMILES string of the molecule is C=CC(=C)Nc1cccc(-n2cc(Nc3cn(C)nc3OC)c3ncn(C)c3c2=O)c1. The number of benzene rings is 1. The average Bonchev–Trinajstić information content (AvgIpc) is 3.32. The van der Waals surface area contributed by atoms with Crippen molar-refractivity contribution < 1.29 is 4.74 Å². The van der Waals surface area contributed by atoms with Gasteiger partial charge >= 0.3 is 0 Å². The van der Waals surface area contributed by atoms with E-state index in [-0.39, 0.29) is 5.56 Å². The summed E-state index contributed by atoms with van der Waals surface area (Å²) >= 11 is 0. The Morgan fingerprint density at radius 3 is 2.77 bits per heavy atom. The van der Waals surface area contributed by atoms with Gasteiger partial charge < -0.3 is 19.9 Å². The first kappa shape index (κ1) is 20.0. The Bertz CT molecular complexity index is 1360. The van der Waals surface area contributed by atoms with E-state index in [1.807, 2.05) is 24.3 Å². The van der Waals surface area contributed by atoms with E-state index in [0.29, 0.717) is 39.7 Å². The number of ether oxygens (including phenoxy) is 1. The number of allylic oxidation sites excluding steroid dienone is 1. The van der Waals surface area contributed by atoms with E-state index in [1.165, 1.54) is 0 Å². The number of anilines is 3. The number of aryl methyl sites for hydroxylation is 2. The summed E-state index contributed by atoms with van der Waals surface area (Å²) in [5, 5.41) is 10.7. The predicted octanol–water partition coefficient (Wildman–Crippen LogP) is 3.32. The van der Waals surface area contributed by atoms with Gasteiger partial charge in [0.05, 0.1) is 31.0 Å². The summed E-state index contributed by atoms with van der Waals surface area (Å²) in [7, 11) is 5.16. The number of aromatic nitrogens is 5. The van der Waals surface area contributed by atoms with Crippen LogP contribution in [0.3, 0.4) is 0 Å². The molecule has 9 heteroatoms. The molecule has 2 N–H and O–H groups in total. The first-order chi connectivity index (χ1) is 14.9. The average molecular weight is 417 g/mol. The van der Waals surface area contributed by atoms with E-state index in [2.05, 4.69) is 33.9 Å². The van der Waals surface area contributed by atoms with Gasteiger partial charge in [0, 0.05) is 31.7 Å². The summed E-state index contributed by atoms with van der Waals surface area (Å²) in [5.74, 6) is 0.443. The Hall–Kier alpha value is -4.27. The number of nitrogens with zero attached hydrogens (tertiary/aromatic N) is 5. The van der Waals surface area contributed by atoms with Crippen molar-refractivity contribution in [3.8, 4) is 11.6 Å². The zero-order chi connectivity index (χ0) is 22.1. The van der Waals surface area contributed by atoms with Crippen molar-refractivity contribution in [3.63, 3.8) is 0 Å². The lowest BCUT2D eigenvalue weighted by atomic mass is 10.2. The molecule has 158 valence electrons. The molecule has 0 atom stereocenters. The van der Waals surface area contributed by atoms with E-state index < -0.39 is 0 Å². The van der Waals surface area contributed by atoms with E-state index in [9.17, 15) is 4.79 Å². The maximum absolute atomic E-state index is 13.3. The van der Waals surface area contributed by atoms with Crippen LogP contribution < -0.4 is 20.9 Å². The third-order valence-electron chi connectivity index (χ3n) is 4.80. The summed E-state index contributed by atoms with van der Waals surface area (Å²) in [6.45, 7) is 7.58. The Kier molecular flexibility index (Phi) is 5.08. The van der Waals surface area contributed by atoms with Crippen molar-refractivity contribution in [1.82, 2.24) is 23.9 Å². The molecule has 0 unspecified atom stereocenters. The molecule has 0 aliphatic carbocycles. The van der Waals surface area contributed by atoms with Crippen molar-refractivity contribution in [3.05, 3.63) is 78.3 Å². The molecule has 1 aromatic carbocycles. The van der Waals surface area contributed by atoms with Crippen LogP contribution in [0.2, 0.25) is 0 Å². The van der Waals surface area contributed by atoms with Gasteiger partial charge in [-0.1, -0.05) is 19.2 Å². The first-order valence-corrected chi connectivity index (χ1v) is 9.51. The number of hydrogen-bond acceptors (Lipinski definition) is 6. The van der Waals surface area contributed by atoms with Gasteiger partial charge in [-0.2, -0.15) is 0 Å². The minimum Gasteiger partial charge on any atom is -0.478 e. The molecular weight excluding hydrogens is 394 g/mol. The second kappa shape index (κ2) is 7.86.